The lowest BCUT2D eigenvalue weighted by atomic mass is 9.81. The summed E-state index contributed by atoms with van der Waals surface area (Å²) in [5.74, 6) is -1.52. The van der Waals surface area contributed by atoms with Crippen molar-refractivity contribution in [1.82, 2.24) is 0 Å². The quantitative estimate of drug-likeness (QED) is 0.205. The predicted octanol–water partition coefficient (Wildman–Crippen LogP) is 0.937. The number of hydrogen-bond donors (Lipinski definition) is 9. The second-order valence-electron chi connectivity index (χ2n) is 7.94. The summed E-state index contributed by atoms with van der Waals surface area (Å²) in [5.41, 5.74) is 2.38. The molecule has 3 aromatic carbocycles. The summed E-state index contributed by atoms with van der Waals surface area (Å²) >= 11 is 0. The summed E-state index contributed by atoms with van der Waals surface area (Å²) in [6.45, 7) is -3.09. The number of aliphatic hydroxyl groups excluding tert-OH is 6. The third-order valence-electron chi connectivity index (χ3n) is 5.89. The molecule has 9 N–H and O–H groups in total. The number of aliphatic hydroxyl groups is 6. The first-order chi connectivity index (χ1) is 16.3. The molecular weight excluding hydrogens is 444 g/mol. The highest BCUT2D eigenvalue weighted by atomic mass is 16.3. The van der Waals surface area contributed by atoms with Crippen molar-refractivity contribution in [2.24, 2.45) is 0 Å². The minimum atomic E-state index is -0.733. The molecule has 3 aromatic rings. The SMILES string of the molecule is OCc1cc(C(c2cc(CO)c(O)c(CO)c2)c2cc(CO)c(O)c(CO)c2)cc(CO)c1O. The minimum Gasteiger partial charge on any atom is -0.507 e. The van der Waals surface area contributed by atoms with Gasteiger partial charge in [-0.05, 0) is 53.1 Å². The Kier molecular flexibility index (Phi) is 8.11. The van der Waals surface area contributed by atoms with Crippen LogP contribution in [0.2, 0.25) is 0 Å². The molecule has 0 radical (unpaired) electrons. The molecule has 0 aliphatic carbocycles. The lowest BCUT2D eigenvalue weighted by molar-refractivity contribution is 0.263. The zero-order chi connectivity index (χ0) is 25.0. The highest BCUT2D eigenvalue weighted by molar-refractivity contribution is 5.56. The zero-order valence-corrected chi connectivity index (χ0v) is 18.3. The van der Waals surface area contributed by atoms with Crippen molar-refractivity contribution in [2.75, 3.05) is 0 Å². The number of aromatic hydroxyl groups is 3. The van der Waals surface area contributed by atoms with Gasteiger partial charge in [0.1, 0.15) is 17.2 Å². The Morgan fingerprint density at radius 1 is 0.382 bits per heavy atom. The zero-order valence-electron chi connectivity index (χ0n) is 18.3. The first-order valence-electron chi connectivity index (χ1n) is 10.5. The van der Waals surface area contributed by atoms with Gasteiger partial charge in [0.15, 0.2) is 0 Å². The third-order valence-corrected chi connectivity index (χ3v) is 5.89. The molecule has 0 heterocycles. The van der Waals surface area contributed by atoms with Crippen LogP contribution in [0.1, 0.15) is 56.0 Å². The molecule has 34 heavy (non-hydrogen) atoms. The van der Waals surface area contributed by atoms with Crippen LogP contribution in [-0.4, -0.2) is 46.0 Å². The molecule has 0 bridgehead atoms. The summed E-state index contributed by atoms with van der Waals surface area (Å²) in [7, 11) is 0. The van der Waals surface area contributed by atoms with Gasteiger partial charge in [0.05, 0.1) is 39.6 Å². The molecule has 9 nitrogen and oxygen atoms in total. The van der Waals surface area contributed by atoms with Crippen LogP contribution < -0.4 is 0 Å². The standard InChI is InChI=1S/C25H28O9/c26-7-16-1-13(2-17(8-27)23(16)32)22(14-3-18(9-28)24(33)19(4-14)10-29)15-5-20(11-30)25(34)21(6-15)12-31/h1-6,22,26-34H,7-12H2. The smallest absolute Gasteiger partial charge is 0.126 e. The molecule has 0 atom stereocenters. The predicted molar refractivity (Wildman–Crippen MR) is 121 cm³/mol. The fraction of sp³-hybridized carbons (Fsp3) is 0.280. The van der Waals surface area contributed by atoms with Crippen LogP contribution in [0.15, 0.2) is 36.4 Å². The molecular formula is C25H28O9. The molecule has 182 valence electrons. The van der Waals surface area contributed by atoms with Gasteiger partial charge in [-0.3, -0.25) is 0 Å². The van der Waals surface area contributed by atoms with E-state index in [4.69, 9.17) is 0 Å². The first kappa shape index (κ1) is 25.4. The number of benzene rings is 3. The fourth-order valence-electron chi connectivity index (χ4n) is 4.16. The van der Waals surface area contributed by atoms with Gasteiger partial charge in [-0.25, -0.2) is 0 Å². The van der Waals surface area contributed by atoms with Crippen molar-refractivity contribution in [3.63, 3.8) is 0 Å². The lowest BCUT2D eigenvalue weighted by Crippen LogP contribution is -2.09. The van der Waals surface area contributed by atoms with Gasteiger partial charge in [0.25, 0.3) is 0 Å². The molecule has 3 rings (SSSR count). The number of phenols is 3. The van der Waals surface area contributed by atoms with E-state index in [-0.39, 0.29) is 50.6 Å². The fourth-order valence-corrected chi connectivity index (χ4v) is 4.16. The Hall–Kier alpha value is -3.18. The number of rotatable bonds is 9. The second kappa shape index (κ2) is 10.8. The van der Waals surface area contributed by atoms with Crippen LogP contribution in [0.3, 0.4) is 0 Å². The van der Waals surface area contributed by atoms with Crippen LogP contribution in [0.4, 0.5) is 0 Å². The maximum absolute atomic E-state index is 10.3. The van der Waals surface area contributed by atoms with Crippen molar-refractivity contribution >= 4 is 0 Å². The van der Waals surface area contributed by atoms with Crippen molar-refractivity contribution < 1.29 is 46.0 Å². The summed E-state index contributed by atoms with van der Waals surface area (Å²) in [4.78, 5) is 0. The second-order valence-corrected chi connectivity index (χ2v) is 7.94. The Morgan fingerprint density at radius 3 is 0.706 bits per heavy atom. The maximum Gasteiger partial charge on any atom is 0.126 e. The summed E-state index contributed by atoms with van der Waals surface area (Å²) in [6.07, 6.45) is 0. The first-order valence-corrected chi connectivity index (χ1v) is 10.5. The molecule has 0 saturated heterocycles. The van der Waals surface area contributed by atoms with E-state index < -0.39 is 45.6 Å². The van der Waals surface area contributed by atoms with E-state index in [9.17, 15) is 46.0 Å². The van der Waals surface area contributed by atoms with Crippen molar-refractivity contribution in [1.29, 1.82) is 0 Å². The van der Waals surface area contributed by atoms with Gasteiger partial charge >= 0.3 is 0 Å². The molecule has 0 amide bonds. The van der Waals surface area contributed by atoms with Crippen LogP contribution in [0, 0.1) is 0 Å². The largest absolute Gasteiger partial charge is 0.507 e. The molecule has 9 heteroatoms. The normalized spacial score (nSPS) is 11.4. The average molecular weight is 472 g/mol. The molecule has 0 fully saturated rings. The van der Waals surface area contributed by atoms with E-state index in [1.54, 1.807) is 0 Å². The van der Waals surface area contributed by atoms with Crippen molar-refractivity contribution in [2.45, 2.75) is 45.6 Å². The van der Waals surface area contributed by atoms with Crippen molar-refractivity contribution in [3.05, 3.63) is 86.5 Å². The van der Waals surface area contributed by atoms with Gasteiger partial charge in [-0.15, -0.1) is 0 Å². The Labute approximate surface area is 195 Å². The molecule has 0 aliphatic heterocycles. The average Bonchev–Trinajstić information content (AvgIpc) is 2.86. The topological polar surface area (TPSA) is 182 Å². The van der Waals surface area contributed by atoms with Gasteiger partial charge in [0, 0.05) is 39.3 Å². The Bertz CT molecular complexity index is 952. The Balaban J connectivity index is 2.40. The Morgan fingerprint density at radius 2 is 0.559 bits per heavy atom. The maximum atomic E-state index is 10.3. The highest BCUT2D eigenvalue weighted by Gasteiger charge is 2.24. The summed E-state index contributed by atoms with van der Waals surface area (Å²) in [5, 5.41) is 89.4. The van der Waals surface area contributed by atoms with Crippen LogP contribution in [-0.2, 0) is 39.6 Å². The van der Waals surface area contributed by atoms with E-state index >= 15 is 0 Å². The van der Waals surface area contributed by atoms with Gasteiger partial charge < -0.3 is 46.0 Å². The number of hydrogen-bond acceptors (Lipinski definition) is 9. The van der Waals surface area contributed by atoms with E-state index in [1.165, 1.54) is 36.4 Å². The minimum absolute atomic E-state index is 0.152. The molecule has 0 aliphatic rings. The highest BCUT2D eigenvalue weighted by Crippen LogP contribution is 2.40. The monoisotopic (exact) mass is 472 g/mol. The summed E-state index contributed by atoms with van der Waals surface area (Å²) < 4.78 is 0. The molecule has 0 aromatic heterocycles. The van der Waals surface area contributed by atoms with E-state index in [0.29, 0.717) is 16.7 Å². The summed E-state index contributed by atoms with van der Waals surface area (Å²) in [6, 6.07) is 9.13. The van der Waals surface area contributed by atoms with Crippen molar-refractivity contribution in [3.8, 4) is 17.2 Å². The third kappa shape index (κ3) is 4.71. The lowest BCUT2D eigenvalue weighted by Gasteiger charge is -2.24. The van der Waals surface area contributed by atoms with Gasteiger partial charge in [-0.1, -0.05) is 0 Å². The van der Waals surface area contributed by atoms with E-state index in [2.05, 4.69) is 0 Å². The molecule has 0 spiro atoms. The van der Waals surface area contributed by atoms with Gasteiger partial charge in [0.2, 0.25) is 0 Å². The van der Waals surface area contributed by atoms with Gasteiger partial charge in [-0.2, -0.15) is 0 Å². The molecule has 0 saturated carbocycles. The van der Waals surface area contributed by atoms with E-state index in [0.717, 1.165) is 0 Å². The molecule has 0 unspecified atom stereocenters. The van der Waals surface area contributed by atoms with Crippen LogP contribution in [0.5, 0.6) is 17.2 Å². The van der Waals surface area contributed by atoms with Crippen LogP contribution >= 0.6 is 0 Å². The van der Waals surface area contributed by atoms with Crippen LogP contribution in [0.25, 0.3) is 0 Å². The van der Waals surface area contributed by atoms with E-state index in [1.807, 2.05) is 0 Å².